The van der Waals surface area contributed by atoms with Gasteiger partial charge in [-0.25, -0.2) is 4.98 Å². The molecule has 1 aromatic heterocycles. The van der Waals surface area contributed by atoms with Crippen LogP contribution in [0, 0.1) is 0 Å². The predicted octanol–water partition coefficient (Wildman–Crippen LogP) is 3.73. The molecule has 6 heteroatoms. The Morgan fingerprint density at radius 2 is 1.72 bits per heavy atom. The minimum absolute atomic E-state index is 0.0577. The van der Waals surface area contributed by atoms with Crippen LogP contribution in [0.3, 0.4) is 0 Å². The molecule has 1 heterocycles. The Morgan fingerprint density at radius 3 is 2.59 bits per heavy atom. The molecular weight excluding hydrogens is 366 g/mol. The zero-order chi connectivity index (χ0) is 20.1. The SMILES string of the molecule is O=C(Nc1ccccc1)c1ccccc1OC[C@H](O)Cn1cnc2ccccc21. The lowest BCUT2D eigenvalue weighted by molar-refractivity contribution is 0.0906. The van der Waals surface area contributed by atoms with E-state index in [9.17, 15) is 9.90 Å². The van der Waals surface area contributed by atoms with Crippen LogP contribution in [0.5, 0.6) is 5.75 Å². The quantitative estimate of drug-likeness (QED) is 0.507. The summed E-state index contributed by atoms with van der Waals surface area (Å²) in [4.78, 5) is 16.9. The molecule has 146 valence electrons. The van der Waals surface area contributed by atoms with Crippen molar-refractivity contribution >= 4 is 22.6 Å². The van der Waals surface area contributed by atoms with E-state index in [1.165, 1.54) is 0 Å². The molecule has 0 aliphatic rings. The molecular formula is C23H21N3O3. The Balaban J connectivity index is 1.41. The number of aliphatic hydroxyl groups excluding tert-OH is 1. The van der Waals surface area contributed by atoms with Crippen LogP contribution >= 0.6 is 0 Å². The molecule has 0 spiro atoms. The number of nitrogens with one attached hydrogen (secondary N) is 1. The molecule has 3 aromatic carbocycles. The normalized spacial score (nSPS) is 11.9. The fourth-order valence-corrected chi connectivity index (χ4v) is 3.12. The zero-order valence-electron chi connectivity index (χ0n) is 15.7. The van der Waals surface area contributed by atoms with Gasteiger partial charge in [-0.1, -0.05) is 42.5 Å². The average Bonchev–Trinajstić information content (AvgIpc) is 3.16. The second kappa shape index (κ2) is 8.58. The molecule has 0 radical (unpaired) electrons. The lowest BCUT2D eigenvalue weighted by Gasteiger charge is -2.16. The largest absolute Gasteiger partial charge is 0.490 e. The van der Waals surface area contributed by atoms with Gasteiger partial charge in [0.2, 0.25) is 0 Å². The highest BCUT2D eigenvalue weighted by molar-refractivity contribution is 6.06. The van der Waals surface area contributed by atoms with Crippen LogP contribution in [0.25, 0.3) is 11.0 Å². The van der Waals surface area contributed by atoms with Crippen molar-refractivity contribution in [2.75, 3.05) is 11.9 Å². The summed E-state index contributed by atoms with van der Waals surface area (Å²) in [5, 5.41) is 13.3. The first kappa shape index (κ1) is 18.7. The molecule has 4 aromatic rings. The molecule has 0 fully saturated rings. The molecule has 0 saturated heterocycles. The van der Waals surface area contributed by atoms with E-state index in [0.29, 0.717) is 23.5 Å². The molecule has 0 unspecified atom stereocenters. The molecule has 0 saturated carbocycles. The van der Waals surface area contributed by atoms with Gasteiger partial charge in [0.1, 0.15) is 18.5 Å². The maximum absolute atomic E-state index is 12.6. The summed E-state index contributed by atoms with van der Waals surface area (Å²) < 4.78 is 7.66. The fourth-order valence-electron chi connectivity index (χ4n) is 3.12. The first-order chi connectivity index (χ1) is 14.2. The number of anilines is 1. The van der Waals surface area contributed by atoms with Crippen molar-refractivity contribution < 1.29 is 14.6 Å². The molecule has 1 atom stereocenters. The monoisotopic (exact) mass is 387 g/mol. The van der Waals surface area contributed by atoms with Crippen molar-refractivity contribution in [2.24, 2.45) is 0 Å². The standard InChI is InChI=1S/C23H21N3O3/c27-18(14-26-16-24-20-11-5-6-12-21(20)26)15-29-22-13-7-4-10-19(22)23(28)25-17-8-2-1-3-9-17/h1-13,16,18,27H,14-15H2,(H,25,28)/t18-/m1/s1. The number of aliphatic hydroxyl groups is 1. The summed E-state index contributed by atoms with van der Waals surface area (Å²) in [5.41, 5.74) is 2.95. The summed E-state index contributed by atoms with van der Waals surface area (Å²) in [6.45, 7) is 0.404. The summed E-state index contributed by atoms with van der Waals surface area (Å²) in [6, 6.07) is 24.0. The highest BCUT2D eigenvalue weighted by atomic mass is 16.5. The number of ether oxygens (including phenoxy) is 1. The van der Waals surface area contributed by atoms with Crippen molar-refractivity contribution in [1.82, 2.24) is 9.55 Å². The third kappa shape index (κ3) is 4.44. The van der Waals surface area contributed by atoms with Gasteiger partial charge in [0, 0.05) is 5.69 Å². The van der Waals surface area contributed by atoms with Crippen molar-refractivity contribution in [1.29, 1.82) is 0 Å². The lowest BCUT2D eigenvalue weighted by Crippen LogP contribution is -2.24. The second-order valence-electron chi connectivity index (χ2n) is 6.67. The molecule has 2 N–H and O–H groups in total. The van der Waals surface area contributed by atoms with Crippen molar-refractivity contribution in [3.8, 4) is 5.75 Å². The molecule has 0 aliphatic carbocycles. The Bertz CT molecular complexity index is 1110. The number of fused-ring (bicyclic) bond motifs is 1. The lowest BCUT2D eigenvalue weighted by atomic mass is 10.2. The summed E-state index contributed by atoms with van der Waals surface area (Å²) in [6.07, 6.45) is 0.952. The van der Waals surface area contributed by atoms with Gasteiger partial charge in [-0.05, 0) is 36.4 Å². The summed E-state index contributed by atoms with van der Waals surface area (Å²) in [7, 11) is 0. The number of benzene rings is 3. The number of amides is 1. The highest BCUT2D eigenvalue weighted by Crippen LogP contribution is 2.20. The number of carbonyl (C=O) groups excluding carboxylic acids is 1. The van der Waals surface area contributed by atoms with Crippen molar-refractivity contribution in [3.63, 3.8) is 0 Å². The number of nitrogens with zero attached hydrogens (tertiary/aromatic N) is 2. The number of carbonyl (C=O) groups is 1. The van der Waals surface area contributed by atoms with Gasteiger partial charge >= 0.3 is 0 Å². The van der Waals surface area contributed by atoms with Gasteiger partial charge in [-0.2, -0.15) is 0 Å². The summed E-state index contributed by atoms with van der Waals surface area (Å²) in [5.74, 6) is 0.164. The Morgan fingerprint density at radius 1 is 1.00 bits per heavy atom. The van der Waals surface area contributed by atoms with E-state index < -0.39 is 6.10 Å². The molecule has 0 bridgehead atoms. The Hall–Kier alpha value is -3.64. The first-order valence-electron chi connectivity index (χ1n) is 9.37. The molecule has 6 nitrogen and oxygen atoms in total. The van der Waals surface area contributed by atoms with Crippen molar-refractivity contribution in [3.05, 3.63) is 90.8 Å². The number of para-hydroxylation sites is 4. The van der Waals surface area contributed by atoms with Crippen LogP contribution in [0.1, 0.15) is 10.4 Å². The van der Waals surface area contributed by atoms with E-state index in [2.05, 4.69) is 10.3 Å². The van der Waals surface area contributed by atoms with Gasteiger partial charge in [0.25, 0.3) is 5.91 Å². The number of hydrogen-bond acceptors (Lipinski definition) is 4. The smallest absolute Gasteiger partial charge is 0.259 e. The maximum atomic E-state index is 12.6. The predicted molar refractivity (Wildman–Crippen MR) is 112 cm³/mol. The Labute approximate surface area is 168 Å². The van der Waals surface area contributed by atoms with Gasteiger partial charge in [0.05, 0.1) is 29.5 Å². The molecule has 0 aliphatic heterocycles. The number of hydrogen-bond donors (Lipinski definition) is 2. The Kier molecular flexibility index (Phi) is 5.54. The minimum Gasteiger partial charge on any atom is -0.490 e. The number of aromatic nitrogens is 2. The van der Waals surface area contributed by atoms with Crippen LogP contribution in [0.15, 0.2) is 85.2 Å². The van der Waals surface area contributed by atoms with Gasteiger partial charge in [0.15, 0.2) is 0 Å². The van der Waals surface area contributed by atoms with Crippen LogP contribution in [-0.2, 0) is 6.54 Å². The maximum Gasteiger partial charge on any atom is 0.259 e. The van der Waals surface area contributed by atoms with E-state index in [1.54, 1.807) is 30.6 Å². The van der Waals surface area contributed by atoms with Crippen LogP contribution in [-0.4, -0.2) is 33.3 Å². The van der Waals surface area contributed by atoms with Crippen LogP contribution in [0.4, 0.5) is 5.69 Å². The van der Waals surface area contributed by atoms with Gasteiger partial charge in [-0.3, -0.25) is 4.79 Å². The average molecular weight is 387 g/mol. The zero-order valence-corrected chi connectivity index (χ0v) is 15.7. The number of rotatable bonds is 7. The van der Waals surface area contributed by atoms with E-state index >= 15 is 0 Å². The molecule has 4 rings (SSSR count). The number of imidazole rings is 1. The second-order valence-corrected chi connectivity index (χ2v) is 6.67. The minimum atomic E-state index is -0.752. The van der Waals surface area contributed by atoms with E-state index in [0.717, 1.165) is 11.0 Å². The van der Waals surface area contributed by atoms with E-state index in [1.807, 2.05) is 59.2 Å². The fraction of sp³-hybridized carbons (Fsp3) is 0.130. The van der Waals surface area contributed by atoms with E-state index in [-0.39, 0.29) is 12.5 Å². The summed E-state index contributed by atoms with van der Waals surface area (Å²) >= 11 is 0. The molecule has 29 heavy (non-hydrogen) atoms. The topological polar surface area (TPSA) is 76.4 Å². The third-order valence-electron chi connectivity index (χ3n) is 4.53. The van der Waals surface area contributed by atoms with E-state index in [4.69, 9.17) is 4.74 Å². The highest BCUT2D eigenvalue weighted by Gasteiger charge is 2.15. The van der Waals surface area contributed by atoms with Gasteiger partial charge in [-0.15, -0.1) is 0 Å². The van der Waals surface area contributed by atoms with Crippen LogP contribution in [0.2, 0.25) is 0 Å². The third-order valence-corrected chi connectivity index (χ3v) is 4.53. The van der Waals surface area contributed by atoms with Crippen LogP contribution < -0.4 is 10.1 Å². The van der Waals surface area contributed by atoms with Crippen molar-refractivity contribution in [2.45, 2.75) is 12.6 Å². The first-order valence-corrected chi connectivity index (χ1v) is 9.37. The molecule has 1 amide bonds. The van der Waals surface area contributed by atoms with Gasteiger partial charge < -0.3 is 19.7 Å².